The van der Waals surface area contributed by atoms with Gasteiger partial charge in [0.15, 0.2) is 6.61 Å². The fourth-order valence-electron chi connectivity index (χ4n) is 0.429. The van der Waals surface area contributed by atoms with Gasteiger partial charge in [0, 0.05) is 0 Å². The average molecular weight is 281 g/mol. The lowest BCUT2D eigenvalue weighted by Gasteiger charge is -1.92. The van der Waals surface area contributed by atoms with Crippen molar-refractivity contribution < 1.29 is 24.4 Å². The maximum atomic E-state index is 10.00. The molecule has 0 aliphatic carbocycles. The molecule has 104 valence electrons. The van der Waals surface area contributed by atoms with Gasteiger partial charge in [-0.3, -0.25) is 4.79 Å². The second-order valence-corrected chi connectivity index (χ2v) is 3.79. The fourth-order valence-corrected chi connectivity index (χ4v) is 0.478. The lowest BCUT2D eigenvalue weighted by molar-refractivity contribution is -0.142. The normalized spacial score (nSPS) is 8.28. The summed E-state index contributed by atoms with van der Waals surface area (Å²) < 4.78 is 0. The summed E-state index contributed by atoms with van der Waals surface area (Å²) in [7, 11) is 0. The largest absolute Gasteiger partial charge is 0.479 e. The van der Waals surface area contributed by atoms with Gasteiger partial charge in [0.25, 0.3) is 5.24 Å². The van der Waals surface area contributed by atoms with Crippen molar-refractivity contribution in [2.24, 2.45) is 10.3 Å². The van der Waals surface area contributed by atoms with Gasteiger partial charge in [-0.15, -0.1) is 0 Å². The molecule has 0 amide bonds. The molecule has 0 aromatic carbocycles. The molecule has 0 rings (SSSR count). The van der Waals surface area contributed by atoms with Gasteiger partial charge in [-0.1, -0.05) is 10.3 Å². The highest BCUT2D eigenvalue weighted by Gasteiger charge is 1.93. The molecule has 0 fully saturated rings. The van der Waals surface area contributed by atoms with Crippen LogP contribution in [-0.4, -0.2) is 41.0 Å². The van der Waals surface area contributed by atoms with Crippen LogP contribution in [0.5, 0.6) is 0 Å². The van der Waals surface area contributed by atoms with Crippen LogP contribution in [-0.2, 0) is 19.3 Å². The third kappa shape index (κ3) is 23.9. The predicted molar refractivity (Wildman–Crippen MR) is 68.0 cm³/mol. The SMILES string of the molecule is CC(C)=NOCC(=O)Cl.CC(C)=NOCC(=O)O. The lowest BCUT2D eigenvalue weighted by Crippen LogP contribution is -2.03. The van der Waals surface area contributed by atoms with E-state index in [-0.39, 0.29) is 13.2 Å². The number of hydrogen-bond acceptors (Lipinski definition) is 6. The predicted octanol–water partition coefficient (Wildman–Crippen LogP) is 1.65. The molecule has 8 heteroatoms. The zero-order valence-electron chi connectivity index (χ0n) is 10.8. The maximum Gasteiger partial charge on any atom is 0.344 e. The molecule has 0 saturated carbocycles. The standard InChI is InChI=1S/C5H8ClNO2.C5H9NO3/c1-4(2)7-9-3-5(6)8;1-4(2)6-9-3-5(7)8/h3H2,1-2H3;3H2,1-2H3,(H,7,8). The summed E-state index contributed by atoms with van der Waals surface area (Å²) in [6.07, 6.45) is 0. The van der Waals surface area contributed by atoms with Gasteiger partial charge in [-0.05, 0) is 39.3 Å². The fraction of sp³-hybridized carbons (Fsp3) is 0.600. The molecule has 0 aromatic rings. The van der Waals surface area contributed by atoms with E-state index in [1.807, 2.05) is 0 Å². The Balaban J connectivity index is 0. The Kier molecular flexibility index (Phi) is 12.3. The summed E-state index contributed by atoms with van der Waals surface area (Å²) in [6, 6.07) is 0. The van der Waals surface area contributed by atoms with Gasteiger partial charge >= 0.3 is 5.97 Å². The summed E-state index contributed by atoms with van der Waals surface area (Å²) in [4.78, 5) is 28.6. The van der Waals surface area contributed by atoms with Gasteiger partial charge in [-0.25, -0.2) is 4.79 Å². The first-order valence-electron chi connectivity index (χ1n) is 4.92. The van der Waals surface area contributed by atoms with Crippen LogP contribution < -0.4 is 0 Å². The summed E-state index contributed by atoms with van der Waals surface area (Å²) in [6.45, 7) is 6.44. The number of carboxylic acids is 1. The Hall–Kier alpha value is -1.63. The molecule has 0 atom stereocenters. The van der Waals surface area contributed by atoms with E-state index >= 15 is 0 Å². The number of hydrogen-bond donors (Lipinski definition) is 1. The number of halogens is 1. The number of carbonyl (C=O) groups excluding carboxylic acids is 1. The lowest BCUT2D eigenvalue weighted by atomic mass is 10.5. The van der Waals surface area contributed by atoms with Crippen LogP contribution in [0.3, 0.4) is 0 Å². The Bertz CT molecular complexity index is 288. The van der Waals surface area contributed by atoms with Crippen LogP contribution in [0, 0.1) is 0 Å². The minimum atomic E-state index is -1.01. The van der Waals surface area contributed by atoms with Crippen LogP contribution in [0.4, 0.5) is 0 Å². The van der Waals surface area contributed by atoms with E-state index in [0.717, 1.165) is 5.71 Å². The maximum absolute atomic E-state index is 10.00. The zero-order valence-corrected chi connectivity index (χ0v) is 11.5. The van der Waals surface area contributed by atoms with Crippen LogP contribution in [0.25, 0.3) is 0 Å². The minimum Gasteiger partial charge on any atom is -0.479 e. The molecule has 0 aliphatic heterocycles. The first-order valence-corrected chi connectivity index (χ1v) is 5.30. The van der Waals surface area contributed by atoms with Crippen LogP contribution >= 0.6 is 11.6 Å². The molecule has 0 saturated heterocycles. The van der Waals surface area contributed by atoms with Crippen LogP contribution in [0.2, 0.25) is 0 Å². The average Bonchev–Trinajstić information content (AvgIpc) is 2.15. The Morgan fingerprint density at radius 3 is 1.67 bits per heavy atom. The van der Waals surface area contributed by atoms with Gasteiger partial charge in [0.2, 0.25) is 6.61 Å². The molecular formula is C10H17ClN2O5. The quantitative estimate of drug-likeness (QED) is 0.453. The molecular weight excluding hydrogens is 264 g/mol. The Morgan fingerprint density at radius 1 is 1.00 bits per heavy atom. The van der Waals surface area contributed by atoms with E-state index in [4.69, 9.17) is 16.7 Å². The van der Waals surface area contributed by atoms with E-state index in [2.05, 4.69) is 20.0 Å². The van der Waals surface area contributed by atoms with Crippen molar-refractivity contribution in [2.45, 2.75) is 27.7 Å². The number of rotatable bonds is 6. The van der Waals surface area contributed by atoms with E-state index in [9.17, 15) is 9.59 Å². The molecule has 0 radical (unpaired) electrons. The topological polar surface area (TPSA) is 97.5 Å². The number of aliphatic carboxylic acids is 1. The number of nitrogens with zero attached hydrogens (tertiary/aromatic N) is 2. The molecule has 0 spiro atoms. The highest BCUT2D eigenvalue weighted by Crippen LogP contribution is 1.84. The smallest absolute Gasteiger partial charge is 0.344 e. The third-order valence-electron chi connectivity index (χ3n) is 0.860. The van der Waals surface area contributed by atoms with Gasteiger partial charge in [-0.2, -0.15) is 0 Å². The molecule has 18 heavy (non-hydrogen) atoms. The van der Waals surface area contributed by atoms with Crippen molar-refractivity contribution >= 4 is 34.2 Å². The van der Waals surface area contributed by atoms with Gasteiger partial charge < -0.3 is 14.8 Å². The van der Waals surface area contributed by atoms with E-state index in [0.29, 0.717) is 5.71 Å². The first-order chi connectivity index (χ1) is 8.25. The van der Waals surface area contributed by atoms with Crippen molar-refractivity contribution in [2.75, 3.05) is 13.2 Å². The first kappa shape index (κ1) is 18.7. The summed E-state index contributed by atoms with van der Waals surface area (Å²) in [5.74, 6) is -1.01. The zero-order chi connectivity index (χ0) is 14.6. The van der Waals surface area contributed by atoms with Crippen molar-refractivity contribution in [3.63, 3.8) is 0 Å². The molecule has 0 aromatic heterocycles. The second-order valence-electron chi connectivity index (χ2n) is 3.37. The van der Waals surface area contributed by atoms with E-state index < -0.39 is 11.2 Å². The second kappa shape index (κ2) is 11.8. The number of carbonyl (C=O) groups is 2. The highest BCUT2D eigenvalue weighted by molar-refractivity contribution is 6.63. The molecule has 0 aliphatic rings. The molecule has 1 N–H and O–H groups in total. The summed E-state index contributed by atoms with van der Waals surface area (Å²) >= 11 is 4.93. The minimum absolute atomic E-state index is 0.160. The van der Waals surface area contributed by atoms with Crippen molar-refractivity contribution in [3.05, 3.63) is 0 Å². The van der Waals surface area contributed by atoms with Crippen LogP contribution in [0.1, 0.15) is 27.7 Å². The molecule has 0 bridgehead atoms. The van der Waals surface area contributed by atoms with Crippen molar-refractivity contribution in [3.8, 4) is 0 Å². The van der Waals surface area contributed by atoms with Crippen molar-refractivity contribution in [1.29, 1.82) is 0 Å². The Morgan fingerprint density at radius 2 is 1.39 bits per heavy atom. The van der Waals surface area contributed by atoms with E-state index in [1.54, 1.807) is 27.7 Å². The summed E-state index contributed by atoms with van der Waals surface area (Å²) in [5.41, 5.74) is 1.46. The molecule has 7 nitrogen and oxygen atoms in total. The third-order valence-corrected chi connectivity index (χ3v) is 0.969. The number of carboxylic acid groups (broad SMARTS) is 1. The van der Waals surface area contributed by atoms with Crippen molar-refractivity contribution in [1.82, 2.24) is 0 Å². The molecule has 0 heterocycles. The molecule has 0 unspecified atom stereocenters. The summed E-state index contributed by atoms with van der Waals surface area (Å²) in [5, 5.41) is 14.4. The highest BCUT2D eigenvalue weighted by atomic mass is 35.5. The van der Waals surface area contributed by atoms with Gasteiger partial charge in [0.05, 0.1) is 11.4 Å². The number of oxime groups is 2. The van der Waals surface area contributed by atoms with Gasteiger partial charge in [0.1, 0.15) is 0 Å². The Labute approximate surface area is 110 Å². The van der Waals surface area contributed by atoms with E-state index in [1.165, 1.54) is 0 Å². The van der Waals surface area contributed by atoms with Crippen LogP contribution in [0.15, 0.2) is 10.3 Å². The monoisotopic (exact) mass is 280 g/mol.